The molecular formula is C15H23NO. The standard InChI is InChI=1S/C15H23NO/c1-12-6-7-13(2)14(10-12)16-11-15(17)8-4-3-5-9-15/h6-7,10,16-17H,3-5,8-9,11H2,1-2H3. The minimum absolute atomic E-state index is 0.492. The summed E-state index contributed by atoms with van der Waals surface area (Å²) in [6.45, 7) is 4.88. The van der Waals surface area contributed by atoms with E-state index in [1.54, 1.807) is 0 Å². The minimum atomic E-state index is -0.492. The summed E-state index contributed by atoms with van der Waals surface area (Å²) in [6.07, 6.45) is 5.46. The average Bonchev–Trinajstić information content (AvgIpc) is 2.31. The zero-order chi connectivity index (χ0) is 12.3. The minimum Gasteiger partial charge on any atom is -0.388 e. The summed E-state index contributed by atoms with van der Waals surface area (Å²) in [5, 5.41) is 13.8. The van der Waals surface area contributed by atoms with Crippen LogP contribution in [-0.4, -0.2) is 17.3 Å². The van der Waals surface area contributed by atoms with Gasteiger partial charge in [-0.2, -0.15) is 0 Å². The van der Waals surface area contributed by atoms with Crippen molar-refractivity contribution in [2.45, 2.75) is 51.6 Å². The first kappa shape index (κ1) is 12.4. The molecule has 0 bridgehead atoms. The van der Waals surface area contributed by atoms with Crippen LogP contribution in [0.3, 0.4) is 0 Å². The fourth-order valence-electron chi connectivity index (χ4n) is 2.57. The first-order valence-corrected chi connectivity index (χ1v) is 6.63. The molecule has 1 saturated carbocycles. The molecule has 1 aliphatic rings. The number of aryl methyl sites for hydroxylation is 2. The van der Waals surface area contributed by atoms with Gasteiger partial charge in [-0.05, 0) is 43.9 Å². The molecule has 0 amide bonds. The molecule has 0 unspecified atom stereocenters. The van der Waals surface area contributed by atoms with E-state index in [0.29, 0.717) is 6.54 Å². The second-order valence-electron chi connectivity index (χ2n) is 5.46. The van der Waals surface area contributed by atoms with Crippen LogP contribution in [-0.2, 0) is 0 Å². The molecule has 1 aromatic rings. The summed E-state index contributed by atoms with van der Waals surface area (Å²) in [5.74, 6) is 0. The number of benzene rings is 1. The van der Waals surface area contributed by atoms with E-state index in [0.717, 1.165) is 31.4 Å². The highest BCUT2D eigenvalue weighted by Gasteiger charge is 2.28. The molecular weight excluding hydrogens is 210 g/mol. The third-order valence-electron chi connectivity index (χ3n) is 3.79. The largest absolute Gasteiger partial charge is 0.388 e. The van der Waals surface area contributed by atoms with Crippen LogP contribution in [0.5, 0.6) is 0 Å². The predicted octanol–water partition coefficient (Wildman–Crippen LogP) is 3.41. The van der Waals surface area contributed by atoms with Crippen molar-refractivity contribution in [1.82, 2.24) is 0 Å². The van der Waals surface area contributed by atoms with Gasteiger partial charge in [-0.1, -0.05) is 31.4 Å². The van der Waals surface area contributed by atoms with Crippen molar-refractivity contribution in [2.24, 2.45) is 0 Å². The maximum absolute atomic E-state index is 10.4. The van der Waals surface area contributed by atoms with E-state index in [-0.39, 0.29) is 0 Å². The maximum atomic E-state index is 10.4. The number of hydrogen-bond donors (Lipinski definition) is 2. The van der Waals surface area contributed by atoms with Crippen molar-refractivity contribution in [3.63, 3.8) is 0 Å². The van der Waals surface area contributed by atoms with Crippen molar-refractivity contribution >= 4 is 5.69 Å². The topological polar surface area (TPSA) is 32.3 Å². The molecule has 0 atom stereocenters. The Balaban J connectivity index is 1.99. The van der Waals surface area contributed by atoms with E-state index in [2.05, 4.69) is 37.4 Å². The van der Waals surface area contributed by atoms with Crippen molar-refractivity contribution in [2.75, 3.05) is 11.9 Å². The number of hydrogen-bond acceptors (Lipinski definition) is 2. The average molecular weight is 233 g/mol. The molecule has 2 nitrogen and oxygen atoms in total. The molecule has 0 radical (unpaired) electrons. The van der Waals surface area contributed by atoms with Crippen LogP contribution in [0.2, 0.25) is 0 Å². The molecule has 1 fully saturated rings. The Morgan fingerprint density at radius 3 is 2.59 bits per heavy atom. The maximum Gasteiger partial charge on any atom is 0.0819 e. The molecule has 0 heterocycles. The van der Waals surface area contributed by atoms with Gasteiger partial charge in [0, 0.05) is 12.2 Å². The van der Waals surface area contributed by atoms with Crippen molar-refractivity contribution < 1.29 is 5.11 Å². The number of anilines is 1. The van der Waals surface area contributed by atoms with Gasteiger partial charge < -0.3 is 10.4 Å². The highest BCUT2D eigenvalue weighted by Crippen LogP contribution is 2.28. The normalized spacial score (nSPS) is 19.0. The van der Waals surface area contributed by atoms with Gasteiger partial charge in [0.2, 0.25) is 0 Å². The highest BCUT2D eigenvalue weighted by molar-refractivity contribution is 5.52. The predicted molar refractivity (Wildman–Crippen MR) is 72.4 cm³/mol. The molecule has 0 aromatic heterocycles. The van der Waals surface area contributed by atoms with Gasteiger partial charge in [0.15, 0.2) is 0 Å². The van der Waals surface area contributed by atoms with E-state index in [1.165, 1.54) is 17.5 Å². The Labute approximate surface area is 104 Å². The molecule has 2 rings (SSSR count). The molecule has 0 spiro atoms. The lowest BCUT2D eigenvalue weighted by atomic mass is 9.85. The summed E-state index contributed by atoms with van der Waals surface area (Å²) in [5.41, 5.74) is 3.17. The van der Waals surface area contributed by atoms with Crippen LogP contribution in [0.15, 0.2) is 18.2 Å². The summed E-state index contributed by atoms with van der Waals surface area (Å²) in [6, 6.07) is 6.40. The van der Waals surface area contributed by atoms with Crippen LogP contribution >= 0.6 is 0 Å². The lowest BCUT2D eigenvalue weighted by molar-refractivity contribution is 0.0167. The van der Waals surface area contributed by atoms with Crippen molar-refractivity contribution in [3.05, 3.63) is 29.3 Å². The zero-order valence-corrected chi connectivity index (χ0v) is 10.9. The van der Waals surface area contributed by atoms with E-state index in [1.807, 2.05) is 0 Å². The Kier molecular flexibility index (Phi) is 3.72. The van der Waals surface area contributed by atoms with Crippen LogP contribution in [0.1, 0.15) is 43.2 Å². The van der Waals surface area contributed by atoms with Gasteiger partial charge in [-0.15, -0.1) is 0 Å². The van der Waals surface area contributed by atoms with Gasteiger partial charge in [0.05, 0.1) is 5.60 Å². The lowest BCUT2D eigenvalue weighted by Gasteiger charge is -2.32. The highest BCUT2D eigenvalue weighted by atomic mass is 16.3. The van der Waals surface area contributed by atoms with Crippen LogP contribution < -0.4 is 5.32 Å². The van der Waals surface area contributed by atoms with Gasteiger partial charge in [0.25, 0.3) is 0 Å². The Morgan fingerprint density at radius 2 is 1.88 bits per heavy atom. The molecule has 2 heteroatoms. The molecule has 1 aliphatic carbocycles. The second-order valence-corrected chi connectivity index (χ2v) is 5.46. The summed E-state index contributed by atoms with van der Waals surface area (Å²) < 4.78 is 0. The fraction of sp³-hybridized carbons (Fsp3) is 0.600. The van der Waals surface area contributed by atoms with Gasteiger partial charge in [-0.25, -0.2) is 0 Å². The van der Waals surface area contributed by atoms with Gasteiger partial charge in [-0.3, -0.25) is 0 Å². The van der Waals surface area contributed by atoms with E-state index < -0.39 is 5.60 Å². The Hall–Kier alpha value is -1.02. The third-order valence-corrected chi connectivity index (χ3v) is 3.79. The summed E-state index contributed by atoms with van der Waals surface area (Å²) in [4.78, 5) is 0. The number of aliphatic hydroxyl groups is 1. The monoisotopic (exact) mass is 233 g/mol. The SMILES string of the molecule is Cc1ccc(C)c(NCC2(O)CCCCC2)c1. The van der Waals surface area contributed by atoms with Crippen LogP contribution in [0.4, 0.5) is 5.69 Å². The molecule has 17 heavy (non-hydrogen) atoms. The first-order valence-electron chi connectivity index (χ1n) is 6.63. The zero-order valence-electron chi connectivity index (χ0n) is 10.9. The molecule has 0 saturated heterocycles. The second kappa shape index (κ2) is 5.09. The summed E-state index contributed by atoms with van der Waals surface area (Å²) in [7, 11) is 0. The van der Waals surface area contributed by atoms with Gasteiger partial charge >= 0.3 is 0 Å². The van der Waals surface area contributed by atoms with Crippen LogP contribution in [0, 0.1) is 13.8 Å². The molecule has 94 valence electrons. The molecule has 1 aromatic carbocycles. The molecule has 2 N–H and O–H groups in total. The quantitative estimate of drug-likeness (QED) is 0.838. The first-order chi connectivity index (χ1) is 8.09. The molecule has 0 aliphatic heterocycles. The van der Waals surface area contributed by atoms with E-state index in [9.17, 15) is 5.11 Å². The number of nitrogens with one attached hydrogen (secondary N) is 1. The Morgan fingerprint density at radius 1 is 1.18 bits per heavy atom. The van der Waals surface area contributed by atoms with Crippen molar-refractivity contribution in [1.29, 1.82) is 0 Å². The number of rotatable bonds is 3. The van der Waals surface area contributed by atoms with E-state index >= 15 is 0 Å². The van der Waals surface area contributed by atoms with Crippen LogP contribution in [0.25, 0.3) is 0 Å². The summed E-state index contributed by atoms with van der Waals surface area (Å²) >= 11 is 0. The Bertz CT molecular complexity index is 381. The van der Waals surface area contributed by atoms with E-state index in [4.69, 9.17) is 0 Å². The smallest absolute Gasteiger partial charge is 0.0819 e. The third kappa shape index (κ3) is 3.22. The van der Waals surface area contributed by atoms with Gasteiger partial charge in [0.1, 0.15) is 0 Å². The lowest BCUT2D eigenvalue weighted by Crippen LogP contribution is -2.38. The fourth-order valence-corrected chi connectivity index (χ4v) is 2.57. The van der Waals surface area contributed by atoms with Crippen molar-refractivity contribution in [3.8, 4) is 0 Å².